The molecule has 14 heteroatoms. The van der Waals surface area contributed by atoms with E-state index in [0.29, 0.717) is 28.0 Å². The van der Waals surface area contributed by atoms with Crippen LogP contribution in [0.3, 0.4) is 0 Å². The standard InChI is InChI=1S/C41H43N5O9/c1-25-11-15-28(16-12-25)37(47)52-22-33-32(54-38(48)29-17-13-26(2)14-18-29)20-34(53-33)46-24-44-35-30(42-23-43-36(35)46)19-31(45-40(50)55-41(3,4)5)39(49)51-21-27-9-7-6-8-10-27/h6-18,23-24,31-34H,19-22H2,1-5H3,(H,45,50)/t31?,32-,33+,34+/m0/s1. The van der Waals surface area contributed by atoms with Crippen molar-refractivity contribution in [1.29, 1.82) is 0 Å². The zero-order valence-corrected chi connectivity index (χ0v) is 31.3. The Hall–Kier alpha value is -6.15. The van der Waals surface area contributed by atoms with Gasteiger partial charge in [-0.3, -0.25) is 4.57 Å². The number of hydrogen-bond acceptors (Lipinski definition) is 12. The molecule has 1 fully saturated rings. The summed E-state index contributed by atoms with van der Waals surface area (Å²) in [6, 6.07) is 22.0. The van der Waals surface area contributed by atoms with E-state index in [1.807, 2.05) is 68.4 Å². The van der Waals surface area contributed by atoms with Gasteiger partial charge in [0.25, 0.3) is 0 Å². The third-order valence-corrected chi connectivity index (χ3v) is 8.73. The highest BCUT2D eigenvalue weighted by Gasteiger charge is 2.41. The molecule has 0 saturated carbocycles. The predicted molar refractivity (Wildman–Crippen MR) is 199 cm³/mol. The van der Waals surface area contributed by atoms with Crippen molar-refractivity contribution in [2.45, 2.75) is 84.1 Å². The lowest BCUT2D eigenvalue weighted by Crippen LogP contribution is -2.45. The molecule has 3 heterocycles. The van der Waals surface area contributed by atoms with E-state index in [-0.39, 0.29) is 26.1 Å². The van der Waals surface area contributed by atoms with Gasteiger partial charge in [0, 0.05) is 12.8 Å². The minimum Gasteiger partial charge on any atom is -0.459 e. The number of rotatable bonds is 12. The fourth-order valence-corrected chi connectivity index (χ4v) is 5.90. The zero-order chi connectivity index (χ0) is 39.1. The molecule has 0 spiro atoms. The Labute approximate surface area is 318 Å². The lowest BCUT2D eigenvalue weighted by molar-refractivity contribution is -0.147. The smallest absolute Gasteiger partial charge is 0.408 e. The summed E-state index contributed by atoms with van der Waals surface area (Å²) in [6.45, 7) is 8.79. The highest BCUT2D eigenvalue weighted by molar-refractivity contribution is 5.90. The van der Waals surface area contributed by atoms with Gasteiger partial charge in [0.05, 0.1) is 23.1 Å². The molecular formula is C41H43N5O9. The van der Waals surface area contributed by atoms with E-state index < -0.39 is 54.1 Å². The highest BCUT2D eigenvalue weighted by atomic mass is 16.6. The Bertz CT molecular complexity index is 2130. The first-order chi connectivity index (χ1) is 26.3. The van der Waals surface area contributed by atoms with Crippen LogP contribution in [-0.4, -0.2) is 74.0 Å². The van der Waals surface area contributed by atoms with Crippen molar-refractivity contribution in [2.24, 2.45) is 0 Å². The fourth-order valence-electron chi connectivity index (χ4n) is 5.90. The Morgan fingerprint density at radius 1 is 0.855 bits per heavy atom. The van der Waals surface area contributed by atoms with Crippen LogP contribution in [0.5, 0.6) is 0 Å². The van der Waals surface area contributed by atoms with Gasteiger partial charge in [0.1, 0.15) is 55.1 Å². The SMILES string of the molecule is Cc1ccc(C(=O)OC[C@H]2O[C@@H](n3cnc4c(CC(NC(=O)OC(C)(C)C)C(=O)OCc5ccccc5)ncnc43)C[C@@H]2OC(=O)c2ccc(C)cc2)cc1. The van der Waals surface area contributed by atoms with E-state index in [4.69, 9.17) is 23.7 Å². The molecular weight excluding hydrogens is 706 g/mol. The van der Waals surface area contributed by atoms with Gasteiger partial charge in [-0.1, -0.05) is 65.7 Å². The van der Waals surface area contributed by atoms with Crippen molar-refractivity contribution in [3.05, 3.63) is 125 Å². The van der Waals surface area contributed by atoms with Crippen molar-refractivity contribution in [3.8, 4) is 0 Å². The van der Waals surface area contributed by atoms with Crippen LogP contribution in [0.15, 0.2) is 91.5 Å². The molecule has 2 aromatic heterocycles. The van der Waals surface area contributed by atoms with Gasteiger partial charge in [-0.25, -0.2) is 34.1 Å². The fraction of sp³-hybridized carbons (Fsp3) is 0.341. The van der Waals surface area contributed by atoms with Crippen LogP contribution in [0.25, 0.3) is 11.2 Å². The summed E-state index contributed by atoms with van der Waals surface area (Å²) in [7, 11) is 0. The van der Waals surface area contributed by atoms with Crippen LogP contribution in [0, 0.1) is 13.8 Å². The van der Waals surface area contributed by atoms with Gasteiger partial charge in [0.15, 0.2) is 5.65 Å². The number of aromatic nitrogens is 4. The number of imidazole rings is 1. The average Bonchev–Trinajstić information content (AvgIpc) is 3.77. The molecule has 0 aliphatic carbocycles. The van der Waals surface area contributed by atoms with E-state index in [1.54, 1.807) is 49.6 Å². The topological polar surface area (TPSA) is 170 Å². The van der Waals surface area contributed by atoms with E-state index in [2.05, 4.69) is 20.3 Å². The lowest BCUT2D eigenvalue weighted by Gasteiger charge is -2.23. The van der Waals surface area contributed by atoms with E-state index in [0.717, 1.165) is 16.7 Å². The first kappa shape index (κ1) is 38.6. The summed E-state index contributed by atoms with van der Waals surface area (Å²) in [6.07, 6.45) is -0.244. The van der Waals surface area contributed by atoms with Crippen molar-refractivity contribution in [1.82, 2.24) is 24.8 Å². The zero-order valence-electron chi connectivity index (χ0n) is 31.3. The molecule has 0 bridgehead atoms. The second-order valence-corrected chi connectivity index (χ2v) is 14.3. The first-order valence-electron chi connectivity index (χ1n) is 17.9. The van der Waals surface area contributed by atoms with Gasteiger partial charge >= 0.3 is 24.0 Å². The maximum atomic E-state index is 13.4. The third-order valence-electron chi connectivity index (χ3n) is 8.73. The molecule has 6 rings (SSSR count). The molecule has 3 aromatic carbocycles. The summed E-state index contributed by atoms with van der Waals surface area (Å²) < 4.78 is 30.6. The number of carbonyl (C=O) groups excluding carboxylic acids is 4. The lowest BCUT2D eigenvalue weighted by atomic mass is 10.1. The Kier molecular flexibility index (Phi) is 11.8. The minimum absolute atomic E-state index is 0.00382. The van der Waals surface area contributed by atoms with E-state index >= 15 is 0 Å². The van der Waals surface area contributed by atoms with Gasteiger partial charge in [0.2, 0.25) is 0 Å². The number of benzene rings is 3. The normalized spacial score (nSPS) is 17.3. The monoisotopic (exact) mass is 749 g/mol. The number of esters is 3. The van der Waals surface area contributed by atoms with Crippen molar-refractivity contribution >= 4 is 35.2 Å². The number of hydrogen-bond donors (Lipinski definition) is 1. The number of nitrogens with one attached hydrogen (secondary N) is 1. The van der Waals surface area contributed by atoms with Gasteiger partial charge in [-0.05, 0) is 64.4 Å². The number of alkyl carbamates (subject to hydrolysis) is 1. The molecule has 286 valence electrons. The van der Waals surface area contributed by atoms with Crippen molar-refractivity contribution in [2.75, 3.05) is 6.61 Å². The van der Waals surface area contributed by atoms with Crippen LogP contribution >= 0.6 is 0 Å². The molecule has 5 aromatic rings. The predicted octanol–water partition coefficient (Wildman–Crippen LogP) is 5.99. The second kappa shape index (κ2) is 16.9. The molecule has 1 N–H and O–H groups in total. The summed E-state index contributed by atoms with van der Waals surface area (Å²) >= 11 is 0. The largest absolute Gasteiger partial charge is 0.459 e. The number of nitrogens with zero attached hydrogens (tertiary/aromatic N) is 4. The number of ether oxygens (including phenoxy) is 5. The molecule has 0 radical (unpaired) electrons. The summed E-state index contributed by atoms with van der Waals surface area (Å²) in [5.41, 5.74) is 3.76. The average molecular weight is 750 g/mol. The molecule has 1 amide bonds. The van der Waals surface area contributed by atoms with Crippen LogP contribution < -0.4 is 5.32 Å². The molecule has 1 unspecified atom stereocenters. The number of fused-ring (bicyclic) bond motifs is 1. The second-order valence-electron chi connectivity index (χ2n) is 14.3. The third kappa shape index (κ3) is 10.1. The Morgan fingerprint density at radius 2 is 1.51 bits per heavy atom. The van der Waals surface area contributed by atoms with E-state index in [9.17, 15) is 19.2 Å². The summed E-state index contributed by atoms with van der Waals surface area (Å²) in [4.78, 5) is 65.8. The summed E-state index contributed by atoms with van der Waals surface area (Å²) in [5, 5.41) is 2.62. The van der Waals surface area contributed by atoms with Crippen molar-refractivity contribution < 1.29 is 42.9 Å². The van der Waals surface area contributed by atoms with Crippen LogP contribution in [-0.2, 0) is 41.5 Å². The molecule has 55 heavy (non-hydrogen) atoms. The first-order valence-corrected chi connectivity index (χ1v) is 17.9. The van der Waals surface area contributed by atoms with Crippen molar-refractivity contribution in [3.63, 3.8) is 0 Å². The Morgan fingerprint density at radius 3 is 2.16 bits per heavy atom. The number of carbonyl (C=O) groups is 4. The van der Waals surface area contributed by atoms with Gasteiger partial charge in [-0.2, -0.15) is 0 Å². The molecule has 14 nitrogen and oxygen atoms in total. The molecule has 1 aliphatic rings. The van der Waals surface area contributed by atoms with Crippen LogP contribution in [0.2, 0.25) is 0 Å². The van der Waals surface area contributed by atoms with E-state index in [1.165, 1.54) is 12.7 Å². The maximum absolute atomic E-state index is 13.4. The van der Waals surface area contributed by atoms with Gasteiger partial charge < -0.3 is 29.0 Å². The van der Waals surface area contributed by atoms with Crippen LogP contribution in [0.4, 0.5) is 4.79 Å². The van der Waals surface area contributed by atoms with Crippen LogP contribution in [0.1, 0.15) is 76.5 Å². The quantitative estimate of drug-likeness (QED) is 0.117. The summed E-state index contributed by atoms with van der Waals surface area (Å²) in [5.74, 6) is -1.79. The maximum Gasteiger partial charge on any atom is 0.408 e. The molecule has 1 aliphatic heterocycles. The molecule has 1 saturated heterocycles. The van der Waals surface area contributed by atoms with Gasteiger partial charge in [-0.15, -0.1) is 0 Å². The minimum atomic E-state index is -1.18. The Balaban J connectivity index is 1.22. The highest BCUT2D eigenvalue weighted by Crippen LogP contribution is 2.34. The number of amides is 1. The number of aryl methyl sites for hydroxylation is 2. The molecule has 4 atom stereocenters.